The van der Waals surface area contributed by atoms with Crippen molar-refractivity contribution >= 4 is 23.0 Å². The molecule has 0 heterocycles. The highest BCUT2D eigenvalue weighted by atomic mass is 19.4. The van der Waals surface area contributed by atoms with Gasteiger partial charge in [0, 0.05) is 5.69 Å². The van der Waals surface area contributed by atoms with Gasteiger partial charge in [-0.1, -0.05) is 36.4 Å². The molecule has 37 heavy (non-hydrogen) atoms. The molecule has 0 aliphatic carbocycles. The smallest absolute Gasteiger partial charge is 0.338 e. The number of hydrogen-bond donors (Lipinski definition) is 1. The van der Waals surface area contributed by atoms with E-state index in [4.69, 9.17) is 0 Å². The zero-order valence-electron chi connectivity index (χ0n) is 17.5. The number of para-hydroxylation sites is 2. The maximum absolute atomic E-state index is 14.5. The van der Waals surface area contributed by atoms with Gasteiger partial charge in [-0.3, -0.25) is 0 Å². The Labute approximate surface area is 197 Å². The molecule has 0 amide bonds. The van der Waals surface area contributed by atoms with E-state index in [-0.39, 0.29) is 0 Å². The molecule has 0 fully saturated rings. The van der Waals surface area contributed by atoms with Crippen molar-refractivity contribution in [3.63, 3.8) is 0 Å². The molecule has 2 rings (SSSR count). The van der Waals surface area contributed by atoms with Crippen molar-refractivity contribution in [3.8, 4) is 0 Å². The molecule has 0 aliphatic heterocycles. The van der Waals surface area contributed by atoms with E-state index in [1.165, 1.54) is 12.1 Å². The number of halogens is 14. The predicted octanol–water partition coefficient (Wildman–Crippen LogP) is 7.89. The lowest BCUT2D eigenvalue weighted by molar-refractivity contribution is -0.337. The first-order valence-corrected chi connectivity index (χ1v) is 9.36. The van der Waals surface area contributed by atoms with Crippen molar-refractivity contribution in [2.24, 2.45) is 9.98 Å². The summed E-state index contributed by atoms with van der Waals surface area (Å²) in [5.41, 5.74) is -1.72. The monoisotopic (exact) mass is 559 g/mol. The van der Waals surface area contributed by atoms with Crippen molar-refractivity contribution in [3.05, 3.63) is 60.7 Å². The van der Waals surface area contributed by atoms with Crippen LogP contribution in [0, 0.1) is 0 Å². The number of nitrogens with zero attached hydrogens (tertiary/aromatic N) is 2. The van der Waals surface area contributed by atoms with Crippen LogP contribution in [0.4, 0.5) is 72.8 Å². The van der Waals surface area contributed by atoms with Crippen LogP contribution in [0.15, 0.2) is 70.6 Å². The quantitative estimate of drug-likeness (QED) is 0.218. The van der Waals surface area contributed by atoms with Crippen LogP contribution >= 0.6 is 0 Å². The summed E-state index contributed by atoms with van der Waals surface area (Å²) in [5, 5.41) is 1.16. The Morgan fingerprint density at radius 1 is 0.541 bits per heavy atom. The van der Waals surface area contributed by atoms with Gasteiger partial charge in [-0.05, 0) is 24.3 Å². The summed E-state index contributed by atoms with van der Waals surface area (Å²) >= 11 is 0. The Hall–Kier alpha value is -3.40. The third-order valence-corrected chi connectivity index (χ3v) is 4.32. The van der Waals surface area contributed by atoms with Crippen molar-refractivity contribution in [1.82, 2.24) is 0 Å². The molecular formula is C20H11F14N3. The highest BCUT2D eigenvalue weighted by Crippen LogP contribution is 2.50. The van der Waals surface area contributed by atoms with Crippen LogP contribution in [0.1, 0.15) is 0 Å². The van der Waals surface area contributed by atoms with E-state index in [9.17, 15) is 61.5 Å². The number of hydrogen-bond acceptors (Lipinski definition) is 1. The first-order chi connectivity index (χ1) is 16.7. The van der Waals surface area contributed by atoms with Gasteiger partial charge < -0.3 is 5.32 Å². The molecule has 0 spiro atoms. The molecule has 2 aromatic carbocycles. The van der Waals surface area contributed by atoms with Gasteiger partial charge in [0.05, 0.1) is 5.69 Å². The number of nitrogens with one attached hydrogen (secondary N) is 1. The molecule has 0 unspecified atom stereocenters. The van der Waals surface area contributed by atoms with Crippen LogP contribution < -0.4 is 5.32 Å². The van der Waals surface area contributed by atoms with Gasteiger partial charge in [-0.25, -0.2) is 9.98 Å². The average molecular weight is 559 g/mol. The summed E-state index contributed by atoms with van der Waals surface area (Å²) in [6.07, 6.45) is -14.1. The van der Waals surface area contributed by atoms with Crippen molar-refractivity contribution in [1.29, 1.82) is 0 Å². The van der Waals surface area contributed by atoms with E-state index in [2.05, 4.69) is 9.98 Å². The second-order valence-corrected chi connectivity index (χ2v) is 7.02. The second kappa shape index (κ2) is 9.81. The zero-order chi connectivity index (χ0) is 28.5. The predicted molar refractivity (Wildman–Crippen MR) is 103 cm³/mol. The molecule has 0 atom stereocenters. The Balaban J connectivity index is 2.91. The Morgan fingerprint density at radius 3 is 1.38 bits per heavy atom. The SMILES string of the molecule is FC(F)(F)C(F)(F)C(F)(F)C(=Nc1ccccc1)N=C(Nc1ccccc1)C(F)(F)C(F)(F)C(F)(F)F. The highest BCUT2D eigenvalue weighted by molar-refractivity contribution is 6.10. The molecule has 204 valence electrons. The summed E-state index contributed by atoms with van der Waals surface area (Å²) < 4.78 is 189. The van der Waals surface area contributed by atoms with Gasteiger partial charge in [0.1, 0.15) is 0 Å². The first kappa shape index (κ1) is 29.8. The van der Waals surface area contributed by atoms with Crippen molar-refractivity contribution in [2.45, 2.75) is 36.0 Å². The molecule has 0 bridgehead atoms. The minimum atomic E-state index is -7.09. The number of anilines is 1. The number of amidine groups is 2. The van der Waals surface area contributed by atoms with Crippen molar-refractivity contribution in [2.75, 3.05) is 5.32 Å². The van der Waals surface area contributed by atoms with Gasteiger partial charge in [0.25, 0.3) is 0 Å². The van der Waals surface area contributed by atoms with E-state index in [0.717, 1.165) is 41.7 Å². The molecule has 0 saturated carbocycles. The van der Waals surface area contributed by atoms with E-state index in [1.54, 1.807) is 0 Å². The van der Waals surface area contributed by atoms with E-state index in [1.807, 2.05) is 0 Å². The van der Waals surface area contributed by atoms with Crippen molar-refractivity contribution < 1.29 is 61.5 Å². The minimum Gasteiger partial charge on any atom is -0.338 e. The van der Waals surface area contributed by atoms with Crippen LogP contribution in [0.5, 0.6) is 0 Å². The fourth-order valence-electron chi connectivity index (χ4n) is 2.38. The molecule has 0 aliphatic rings. The fourth-order valence-corrected chi connectivity index (χ4v) is 2.38. The molecule has 3 nitrogen and oxygen atoms in total. The van der Waals surface area contributed by atoms with E-state index >= 15 is 0 Å². The average Bonchev–Trinajstić information content (AvgIpc) is 2.77. The van der Waals surface area contributed by atoms with Crippen LogP contribution in [0.3, 0.4) is 0 Å². The van der Waals surface area contributed by atoms with Crippen LogP contribution in [0.25, 0.3) is 0 Å². The number of aliphatic imine (C=N–C) groups is 2. The third-order valence-electron chi connectivity index (χ3n) is 4.32. The lowest BCUT2D eigenvalue weighted by Gasteiger charge is -2.31. The van der Waals surface area contributed by atoms with Crippen LogP contribution in [-0.4, -0.2) is 47.7 Å². The molecule has 0 radical (unpaired) electrons. The zero-order valence-corrected chi connectivity index (χ0v) is 17.5. The molecule has 17 heteroatoms. The summed E-state index contributed by atoms with van der Waals surface area (Å²) in [4.78, 5) is 4.71. The molecule has 2 aromatic rings. The number of benzene rings is 2. The molecular weight excluding hydrogens is 548 g/mol. The Morgan fingerprint density at radius 2 is 0.946 bits per heavy atom. The van der Waals surface area contributed by atoms with Gasteiger partial charge >= 0.3 is 36.0 Å². The summed E-state index contributed by atoms with van der Waals surface area (Å²) in [6.45, 7) is 0. The van der Waals surface area contributed by atoms with Gasteiger partial charge in [-0.15, -0.1) is 0 Å². The first-order valence-electron chi connectivity index (χ1n) is 9.36. The molecule has 0 saturated heterocycles. The molecule has 0 aromatic heterocycles. The fraction of sp³-hybridized carbons (Fsp3) is 0.300. The third kappa shape index (κ3) is 5.79. The summed E-state index contributed by atoms with van der Waals surface area (Å²) in [6, 6.07) is 9.10. The summed E-state index contributed by atoms with van der Waals surface area (Å²) in [7, 11) is 0. The maximum atomic E-state index is 14.5. The Kier molecular flexibility index (Phi) is 7.91. The normalized spacial score (nSPS) is 15.1. The van der Waals surface area contributed by atoms with Gasteiger partial charge in [-0.2, -0.15) is 61.5 Å². The summed E-state index contributed by atoms with van der Waals surface area (Å²) in [5.74, 6) is -33.6. The minimum absolute atomic E-state index is 0.685. The Bertz CT molecular complexity index is 1120. The second-order valence-electron chi connectivity index (χ2n) is 7.02. The number of rotatable bonds is 6. The highest BCUT2D eigenvalue weighted by Gasteiger charge is 2.77. The van der Waals surface area contributed by atoms with E-state index in [0.29, 0.717) is 12.1 Å². The number of alkyl halides is 14. The maximum Gasteiger partial charge on any atom is 0.460 e. The lowest BCUT2D eigenvalue weighted by atomic mass is 10.1. The standard InChI is InChI=1S/C20H11F14N3/c21-15(22,17(25,26)19(29,30)31)13(35-11-7-3-1-4-8-11)37-14(36-12-9-5-2-6-10-12)16(23,24)18(27,28)20(32,33)34/h1-10H,(H,35,36,37). The van der Waals surface area contributed by atoms with Crippen LogP contribution in [-0.2, 0) is 0 Å². The topological polar surface area (TPSA) is 36.8 Å². The van der Waals surface area contributed by atoms with Crippen LogP contribution in [0.2, 0.25) is 0 Å². The van der Waals surface area contributed by atoms with Gasteiger partial charge in [0.2, 0.25) is 5.84 Å². The van der Waals surface area contributed by atoms with Gasteiger partial charge in [0.15, 0.2) is 5.84 Å². The van der Waals surface area contributed by atoms with E-state index < -0.39 is 59.1 Å². The molecule has 1 N–H and O–H groups in total. The lowest BCUT2D eigenvalue weighted by Crippen LogP contribution is -2.59. The largest absolute Gasteiger partial charge is 0.460 e.